The number of hydrogen-bond donors (Lipinski definition) is 2. The van der Waals surface area contributed by atoms with Crippen LogP contribution in [0.15, 0.2) is 42.5 Å². The largest absolute Gasteiger partial charge is 0.497 e. The van der Waals surface area contributed by atoms with Crippen molar-refractivity contribution in [2.24, 2.45) is 0 Å². The molecule has 0 aromatic heterocycles. The summed E-state index contributed by atoms with van der Waals surface area (Å²) >= 11 is 0. The van der Waals surface area contributed by atoms with E-state index in [0.717, 1.165) is 6.42 Å². The van der Waals surface area contributed by atoms with E-state index in [-0.39, 0.29) is 42.6 Å². The summed E-state index contributed by atoms with van der Waals surface area (Å²) in [5.74, 6) is 0.572. The zero-order valence-corrected chi connectivity index (χ0v) is 20.9. The SMILES string of the molecule is CCCNC(=O)C[C@H]1CC[C@@H]2[C@H](COc3ccc(NC(=O)c4ccc(OC)cc4)cc3C(=O)N2C)O1. The lowest BCUT2D eigenvalue weighted by molar-refractivity contribution is -0.134. The van der Waals surface area contributed by atoms with Gasteiger partial charge in [0.25, 0.3) is 11.8 Å². The van der Waals surface area contributed by atoms with Gasteiger partial charge in [0, 0.05) is 24.8 Å². The zero-order valence-electron chi connectivity index (χ0n) is 20.9. The summed E-state index contributed by atoms with van der Waals surface area (Å²) in [6, 6.07) is 11.6. The summed E-state index contributed by atoms with van der Waals surface area (Å²) in [7, 11) is 3.32. The van der Waals surface area contributed by atoms with E-state index in [1.165, 1.54) is 0 Å². The van der Waals surface area contributed by atoms with Crippen LogP contribution >= 0.6 is 0 Å². The highest BCUT2D eigenvalue weighted by molar-refractivity contribution is 6.05. The van der Waals surface area contributed by atoms with E-state index in [1.54, 1.807) is 61.5 Å². The van der Waals surface area contributed by atoms with Gasteiger partial charge in [0.05, 0.1) is 31.2 Å². The van der Waals surface area contributed by atoms with E-state index in [4.69, 9.17) is 14.2 Å². The molecular weight excluding hydrogens is 462 g/mol. The molecule has 2 aromatic rings. The molecule has 2 aliphatic rings. The number of hydrogen-bond acceptors (Lipinski definition) is 6. The van der Waals surface area contributed by atoms with Crippen LogP contribution in [0.5, 0.6) is 11.5 Å². The Kier molecular flexibility index (Phi) is 8.10. The molecule has 4 rings (SSSR count). The molecule has 2 N–H and O–H groups in total. The molecule has 2 aliphatic heterocycles. The molecule has 36 heavy (non-hydrogen) atoms. The monoisotopic (exact) mass is 495 g/mol. The third-order valence-corrected chi connectivity index (χ3v) is 6.61. The lowest BCUT2D eigenvalue weighted by atomic mass is 9.94. The second-order valence-electron chi connectivity index (χ2n) is 9.12. The van der Waals surface area contributed by atoms with Gasteiger partial charge in [-0.25, -0.2) is 0 Å². The quantitative estimate of drug-likeness (QED) is 0.611. The number of amides is 3. The number of nitrogens with one attached hydrogen (secondary N) is 2. The fraction of sp³-hybridized carbons (Fsp3) is 0.444. The van der Waals surface area contributed by atoms with Crippen LogP contribution in [0.25, 0.3) is 0 Å². The summed E-state index contributed by atoms with van der Waals surface area (Å²) in [6.07, 6.45) is 2.04. The Morgan fingerprint density at radius 1 is 1.14 bits per heavy atom. The molecule has 192 valence electrons. The first-order valence-electron chi connectivity index (χ1n) is 12.3. The molecular formula is C27H33N3O6. The van der Waals surface area contributed by atoms with Gasteiger partial charge in [-0.15, -0.1) is 0 Å². The van der Waals surface area contributed by atoms with Crippen LogP contribution in [0.2, 0.25) is 0 Å². The standard InChI is InChI=1S/C27H33N3O6/c1-4-13-28-25(31)15-20-10-11-22-24(36-20)16-35-23-12-7-18(14-21(23)27(33)30(22)2)29-26(32)17-5-8-19(34-3)9-6-17/h5-9,12,14,20,22,24H,4,10-11,13,15-16H2,1-3H3,(H,28,31)(H,29,32)/t20-,22-,24+/m1/s1. The van der Waals surface area contributed by atoms with Crippen LogP contribution in [0.3, 0.4) is 0 Å². The topological polar surface area (TPSA) is 106 Å². The number of carbonyl (C=O) groups excluding carboxylic acids is 3. The van der Waals surface area contributed by atoms with Gasteiger partial charge >= 0.3 is 0 Å². The maximum Gasteiger partial charge on any atom is 0.257 e. The van der Waals surface area contributed by atoms with Crippen molar-refractivity contribution in [3.8, 4) is 11.5 Å². The maximum absolute atomic E-state index is 13.4. The van der Waals surface area contributed by atoms with Gasteiger partial charge in [0.2, 0.25) is 5.91 Å². The fourth-order valence-electron chi connectivity index (χ4n) is 4.59. The third-order valence-electron chi connectivity index (χ3n) is 6.61. The summed E-state index contributed by atoms with van der Waals surface area (Å²) in [6.45, 7) is 2.92. The van der Waals surface area contributed by atoms with Gasteiger partial charge in [0.1, 0.15) is 24.2 Å². The molecule has 0 aliphatic carbocycles. The van der Waals surface area contributed by atoms with Gasteiger partial charge in [-0.3, -0.25) is 14.4 Å². The summed E-state index contributed by atoms with van der Waals surface area (Å²) in [5, 5.41) is 5.73. The number of methoxy groups -OCH3 is 1. The van der Waals surface area contributed by atoms with E-state index >= 15 is 0 Å². The summed E-state index contributed by atoms with van der Waals surface area (Å²) < 4.78 is 17.3. The van der Waals surface area contributed by atoms with Crippen molar-refractivity contribution in [3.05, 3.63) is 53.6 Å². The van der Waals surface area contributed by atoms with Crippen molar-refractivity contribution in [1.29, 1.82) is 0 Å². The van der Waals surface area contributed by atoms with Crippen LogP contribution in [0.4, 0.5) is 5.69 Å². The van der Waals surface area contributed by atoms with Crippen LogP contribution in [-0.4, -0.2) is 68.2 Å². The van der Waals surface area contributed by atoms with Crippen molar-refractivity contribution >= 4 is 23.4 Å². The fourth-order valence-corrected chi connectivity index (χ4v) is 4.59. The highest BCUT2D eigenvalue weighted by Crippen LogP contribution is 2.32. The maximum atomic E-state index is 13.4. The van der Waals surface area contributed by atoms with Gasteiger partial charge in [-0.05, 0) is 61.7 Å². The minimum Gasteiger partial charge on any atom is -0.497 e. The van der Waals surface area contributed by atoms with Crippen LogP contribution in [0, 0.1) is 0 Å². The molecule has 0 bridgehead atoms. The van der Waals surface area contributed by atoms with Gasteiger partial charge in [0.15, 0.2) is 0 Å². The van der Waals surface area contributed by atoms with Gasteiger partial charge in [-0.1, -0.05) is 6.92 Å². The van der Waals surface area contributed by atoms with Crippen molar-refractivity contribution in [3.63, 3.8) is 0 Å². The molecule has 0 radical (unpaired) electrons. The van der Waals surface area contributed by atoms with Crippen molar-refractivity contribution in [2.45, 2.75) is 50.9 Å². The zero-order chi connectivity index (χ0) is 25.7. The van der Waals surface area contributed by atoms with E-state index < -0.39 is 0 Å². The number of carbonyl (C=O) groups is 3. The normalized spacial score (nSPS) is 21.2. The Hall–Kier alpha value is -3.59. The Balaban J connectivity index is 1.45. The first-order valence-corrected chi connectivity index (χ1v) is 12.3. The van der Waals surface area contributed by atoms with Crippen LogP contribution in [0.1, 0.15) is 53.3 Å². The number of nitrogens with zero attached hydrogens (tertiary/aromatic N) is 1. The number of anilines is 1. The van der Waals surface area contributed by atoms with Crippen molar-refractivity contribution in [2.75, 3.05) is 32.6 Å². The highest BCUT2D eigenvalue weighted by atomic mass is 16.5. The lowest BCUT2D eigenvalue weighted by Crippen LogP contribution is -2.54. The minimum absolute atomic E-state index is 0.0222. The predicted octanol–water partition coefficient (Wildman–Crippen LogP) is 3.24. The van der Waals surface area contributed by atoms with E-state index in [0.29, 0.717) is 54.1 Å². The Morgan fingerprint density at radius 2 is 1.92 bits per heavy atom. The number of ether oxygens (including phenoxy) is 3. The number of likely N-dealkylation sites (N-methyl/N-ethyl adjacent to an activating group) is 1. The van der Waals surface area contributed by atoms with Crippen molar-refractivity contribution < 1.29 is 28.6 Å². The molecule has 2 aromatic carbocycles. The second kappa shape index (κ2) is 11.4. The average Bonchev–Trinajstić information content (AvgIpc) is 2.89. The van der Waals surface area contributed by atoms with E-state index in [9.17, 15) is 14.4 Å². The lowest BCUT2D eigenvalue weighted by Gasteiger charge is -2.42. The average molecular weight is 496 g/mol. The van der Waals surface area contributed by atoms with E-state index in [1.807, 2.05) is 6.92 Å². The van der Waals surface area contributed by atoms with Crippen LogP contribution < -0.4 is 20.1 Å². The molecule has 0 unspecified atom stereocenters. The number of rotatable bonds is 7. The molecule has 1 saturated heterocycles. The van der Waals surface area contributed by atoms with E-state index in [2.05, 4.69) is 10.6 Å². The number of fused-ring (bicyclic) bond motifs is 2. The number of benzene rings is 2. The molecule has 1 fully saturated rings. The van der Waals surface area contributed by atoms with Crippen molar-refractivity contribution in [1.82, 2.24) is 10.2 Å². The molecule has 0 spiro atoms. The smallest absolute Gasteiger partial charge is 0.257 e. The molecule has 3 amide bonds. The first-order chi connectivity index (χ1) is 17.4. The molecule has 2 heterocycles. The summed E-state index contributed by atoms with van der Waals surface area (Å²) in [5.41, 5.74) is 1.35. The minimum atomic E-state index is -0.334. The Bertz CT molecular complexity index is 1100. The van der Waals surface area contributed by atoms with Gasteiger partial charge in [-0.2, -0.15) is 0 Å². The van der Waals surface area contributed by atoms with Gasteiger partial charge < -0.3 is 29.7 Å². The summed E-state index contributed by atoms with van der Waals surface area (Å²) in [4.78, 5) is 39.9. The molecule has 3 atom stereocenters. The predicted molar refractivity (Wildman–Crippen MR) is 135 cm³/mol. The second-order valence-corrected chi connectivity index (χ2v) is 9.12. The molecule has 9 nitrogen and oxygen atoms in total. The molecule has 0 saturated carbocycles. The third kappa shape index (κ3) is 5.79. The van der Waals surface area contributed by atoms with Crippen LogP contribution in [-0.2, 0) is 9.53 Å². The Labute approximate surface area is 211 Å². The first kappa shape index (κ1) is 25.5. The Morgan fingerprint density at radius 3 is 2.64 bits per heavy atom. The highest BCUT2D eigenvalue weighted by Gasteiger charge is 2.39. The molecule has 9 heteroatoms.